The summed E-state index contributed by atoms with van der Waals surface area (Å²) in [6.45, 7) is 1.43. The molecule has 2 heterocycles. The molecule has 3 N–H and O–H groups in total. The molecule has 0 atom stereocenters. The monoisotopic (exact) mass is 415 g/mol. The summed E-state index contributed by atoms with van der Waals surface area (Å²) in [6.07, 6.45) is 3.29. The standard InChI is InChI=1S/C23H21N5OS/c24-22(25)20-3-1-2-19(14-20)17-10-12-28(13-11-17)23(29)18-7-4-16(5-8-18)6-9-21-26-15-27-30-21/h1-5,7-8,14-15,17H,10-13H2,(H3,24,25). The SMILES string of the molecule is N=C(N)c1cccc(C2CCN(C(=O)c3ccc(C#Cc4ncns4)cc3)CC2)c1. The fraction of sp³-hybridized carbons (Fsp3) is 0.217. The van der Waals surface area contributed by atoms with Gasteiger partial charge >= 0.3 is 0 Å². The third-order valence-corrected chi connectivity index (χ3v) is 5.84. The first kappa shape index (κ1) is 19.8. The van der Waals surface area contributed by atoms with Crippen molar-refractivity contribution in [1.29, 1.82) is 5.41 Å². The lowest BCUT2D eigenvalue weighted by Crippen LogP contribution is -2.37. The van der Waals surface area contributed by atoms with Crippen LogP contribution < -0.4 is 5.73 Å². The molecule has 1 aliphatic rings. The normalized spacial score (nSPS) is 14.1. The number of amides is 1. The molecule has 2 aromatic carbocycles. The van der Waals surface area contributed by atoms with E-state index < -0.39 is 0 Å². The third kappa shape index (κ3) is 4.56. The van der Waals surface area contributed by atoms with E-state index in [4.69, 9.17) is 11.1 Å². The summed E-state index contributed by atoms with van der Waals surface area (Å²) in [5.41, 5.74) is 9.06. The zero-order chi connectivity index (χ0) is 20.9. The van der Waals surface area contributed by atoms with Gasteiger partial charge in [-0.05, 0) is 72.1 Å². The molecule has 1 fully saturated rings. The lowest BCUT2D eigenvalue weighted by molar-refractivity contribution is 0.0713. The Labute approximate surface area is 179 Å². The highest BCUT2D eigenvalue weighted by atomic mass is 32.1. The Morgan fingerprint density at radius 2 is 1.87 bits per heavy atom. The van der Waals surface area contributed by atoms with Crippen LogP contribution in [0, 0.1) is 17.3 Å². The maximum Gasteiger partial charge on any atom is 0.253 e. The quantitative estimate of drug-likeness (QED) is 0.390. The van der Waals surface area contributed by atoms with Gasteiger partial charge in [0.25, 0.3) is 5.91 Å². The number of hydrogen-bond donors (Lipinski definition) is 2. The average Bonchev–Trinajstić information content (AvgIpc) is 3.31. The highest BCUT2D eigenvalue weighted by molar-refractivity contribution is 7.05. The van der Waals surface area contributed by atoms with Crippen LogP contribution in [0.1, 0.15) is 50.8 Å². The van der Waals surface area contributed by atoms with Gasteiger partial charge in [0.1, 0.15) is 12.2 Å². The van der Waals surface area contributed by atoms with E-state index in [-0.39, 0.29) is 11.7 Å². The predicted molar refractivity (Wildman–Crippen MR) is 118 cm³/mol. The van der Waals surface area contributed by atoms with Crippen LogP contribution in [-0.2, 0) is 0 Å². The number of carbonyl (C=O) groups excluding carboxylic acids is 1. The number of piperidine rings is 1. The molecule has 3 aromatic rings. The second-order valence-electron chi connectivity index (χ2n) is 7.18. The number of likely N-dealkylation sites (tertiary alicyclic amines) is 1. The van der Waals surface area contributed by atoms with Gasteiger partial charge < -0.3 is 10.6 Å². The van der Waals surface area contributed by atoms with Crippen molar-refractivity contribution in [3.05, 3.63) is 82.1 Å². The molecule has 1 amide bonds. The summed E-state index contributed by atoms with van der Waals surface area (Å²) in [6, 6.07) is 15.2. The molecule has 0 spiro atoms. The zero-order valence-electron chi connectivity index (χ0n) is 16.3. The molecule has 30 heavy (non-hydrogen) atoms. The number of nitrogens with zero attached hydrogens (tertiary/aromatic N) is 3. The van der Waals surface area contributed by atoms with E-state index in [1.54, 1.807) is 0 Å². The number of aromatic nitrogens is 2. The number of nitrogens with two attached hydrogens (primary N) is 1. The summed E-state index contributed by atoms with van der Waals surface area (Å²) in [5, 5.41) is 8.29. The van der Waals surface area contributed by atoms with Gasteiger partial charge in [0.2, 0.25) is 0 Å². The molecular formula is C23H21N5OS. The summed E-state index contributed by atoms with van der Waals surface area (Å²) in [7, 11) is 0. The molecule has 0 radical (unpaired) electrons. The van der Waals surface area contributed by atoms with Crippen molar-refractivity contribution in [3.63, 3.8) is 0 Å². The van der Waals surface area contributed by atoms with Crippen LogP contribution >= 0.6 is 11.5 Å². The van der Waals surface area contributed by atoms with Gasteiger partial charge in [0.15, 0.2) is 5.01 Å². The van der Waals surface area contributed by atoms with Crippen LogP contribution in [0.4, 0.5) is 0 Å². The molecule has 0 unspecified atom stereocenters. The molecule has 1 aromatic heterocycles. The first-order valence-electron chi connectivity index (χ1n) is 9.72. The number of carbonyl (C=O) groups is 1. The molecular weight excluding hydrogens is 394 g/mol. The molecule has 150 valence electrons. The number of nitrogen functional groups attached to an aromatic ring is 1. The first-order valence-corrected chi connectivity index (χ1v) is 10.5. The first-order chi connectivity index (χ1) is 14.6. The minimum atomic E-state index is 0.0505. The number of hydrogen-bond acceptors (Lipinski definition) is 5. The lowest BCUT2D eigenvalue weighted by Gasteiger charge is -2.32. The molecule has 1 saturated heterocycles. The molecule has 6 nitrogen and oxygen atoms in total. The molecule has 4 rings (SSSR count). The van der Waals surface area contributed by atoms with E-state index in [0.717, 1.165) is 24.0 Å². The Morgan fingerprint density at radius 1 is 1.10 bits per heavy atom. The highest BCUT2D eigenvalue weighted by Crippen LogP contribution is 2.29. The Morgan fingerprint density at radius 3 is 2.53 bits per heavy atom. The fourth-order valence-electron chi connectivity index (χ4n) is 3.61. The van der Waals surface area contributed by atoms with Gasteiger partial charge in [0.05, 0.1) is 0 Å². The third-order valence-electron chi connectivity index (χ3n) is 5.26. The van der Waals surface area contributed by atoms with Crippen LogP contribution in [0.15, 0.2) is 54.9 Å². The van der Waals surface area contributed by atoms with Crippen molar-refractivity contribution < 1.29 is 4.79 Å². The molecule has 0 saturated carbocycles. The minimum absolute atomic E-state index is 0.0505. The van der Waals surface area contributed by atoms with Crippen LogP contribution in [0.2, 0.25) is 0 Å². The molecule has 7 heteroatoms. The van der Waals surface area contributed by atoms with Crippen LogP contribution in [0.25, 0.3) is 0 Å². The summed E-state index contributed by atoms with van der Waals surface area (Å²) in [4.78, 5) is 18.8. The Hall–Kier alpha value is -3.50. The van der Waals surface area contributed by atoms with Crippen molar-refractivity contribution in [1.82, 2.24) is 14.3 Å². The zero-order valence-corrected chi connectivity index (χ0v) is 17.2. The number of amidine groups is 1. The maximum atomic E-state index is 12.9. The van der Waals surface area contributed by atoms with E-state index in [0.29, 0.717) is 29.6 Å². The maximum absolute atomic E-state index is 12.9. The number of benzene rings is 2. The van der Waals surface area contributed by atoms with Gasteiger partial charge in [-0.25, -0.2) is 4.98 Å². The van der Waals surface area contributed by atoms with Crippen LogP contribution in [0.3, 0.4) is 0 Å². The van der Waals surface area contributed by atoms with E-state index in [1.165, 1.54) is 23.4 Å². The second-order valence-corrected chi connectivity index (χ2v) is 7.96. The largest absolute Gasteiger partial charge is 0.384 e. The summed E-state index contributed by atoms with van der Waals surface area (Å²) >= 11 is 1.26. The fourth-order valence-corrected chi connectivity index (χ4v) is 3.99. The summed E-state index contributed by atoms with van der Waals surface area (Å²) < 4.78 is 3.92. The smallest absolute Gasteiger partial charge is 0.253 e. The minimum Gasteiger partial charge on any atom is -0.384 e. The van der Waals surface area contributed by atoms with E-state index in [2.05, 4.69) is 27.3 Å². The van der Waals surface area contributed by atoms with Crippen molar-refractivity contribution in [2.75, 3.05) is 13.1 Å². The molecule has 0 bridgehead atoms. The highest BCUT2D eigenvalue weighted by Gasteiger charge is 2.24. The van der Waals surface area contributed by atoms with Crippen molar-refractivity contribution in [3.8, 4) is 11.8 Å². The van der Waals surface area contributed by atoms with Crippen molar-refractivity contribution >= 4 is 23.3 Å². The number of nitrogens with one attached hydrogen (secondary N) is 1. The van der Waals surface area contributed by atoms with Crippen molar-refractivity contribution in [2.24, 2.45) is 5.73 Å². The summed E-state index contributed by atoms with van der Waals surface area (Å²) in [5.74, 6) is 6.52. The average molecular weight is 416 g/mol. The Bertz CT molecular complexity index is 1100. The van der Waals surface area contributed by atoms with E-state index >= 15 is 0 Å². The second kappa shape index (κ2) is 8.89. The van der Waals surface area contributed by atoms with Gasteiger partial charge in [-0.3, -0.25) is 10.2 Å². The Kier molecular flexibility index (Phi) is 5.87. The van der Waals surface area contributed by atoms with E-state index in [9.17, 15) is 4.79 Å². The van der Waals surface area contributed by atoms with Gasteiger partial charge in [-0.2, -0.15) is 4.37 Å². The van der Waals surface area contributed by atoms with Crippen molar-refractivity contribution in [2.45, 2.75) is 18.8 Å². The van der Waals surface area contributed by atoms with Gasteiger partial charge in [-0.1, -0.05) is 24.1 Å². The van der Waals surface area contributed by atoms with E-state index in [1.807, 2.05) is 47.4 Å². The van der Waals surface area contributed by atoms with Gasteiger partial charge in [0, 0.05) is 29.8 Å². The predicted octanol–water partition coefficient (Wildman–Crippen LogP) is 3.24. The lowest BCUT2D eigenvalue weighted by atomic mass is 9.88. The van der Waals surface area contributed by atoms with Crippen LogP contribution in [-0.4, -0.2) is 39.1 Å². The van der Waals surface area contributed by atoms with Crippen LogP contribution in [0.5, 0.6) is 0 Å². The molecule has 0 aliphatic carbocycles. The Balaban J connectivity index is 1.37. The number of rotatable bonds is 3. The topological polar surface area (TPSA) is 96.0 Å². The molecule has 1 aliphatic heterocycles. The van der Waals surface area contributed by atoms with Gasteiger partial charge in [-0.15, -0.1) is 0 Å².